The van der Waals surface area contributed by atoms with Crippen LogP contribution in [0, 0.1) is 13.8 Å². The standard InChI is InChI=1S/C23H24N2O4S/c1-16-8-9-17(2)21(14-16)25-23(26)15-24-20-6-4-5-7-22(20)30(27,28)19-12-10-18(29-3)11-13-19/h4-14,24H,15H2,1-3H3,(H,25,26). The van der Waals surface area contributed by atoms with E-state index >= 15 is 0 Å². The summed E-state index contributed by atoms with van der Waals surface area (Å²) in [6.45, 7) is 3.80. The molecule has 6 nitrogen and oxygen atoms in total. The molecule has 0 unspecified atom stereocenters. The molecular formula is C23H24N2O4S. The number of hydrogen-bond acceptors (Lipinski definition) is 5. The summed E-state index contributed by atoms with van der Waals surface area (Å²) in [7, 11) is -2.24. The van der Waals surface area contributed by atoms with Gasteiger partial charge in [-0.25, -0.2) is 8.42 Å². The number of hydrogen-bond donors (Lipinski definition) is 2. The minimum atomic E-state index is -3.76. The van der Waals surface area contributed by atoms with Crippen LogP contribution in [-0.2, 0) is 14.6 Å². The molecule has 0 aliphatic rings. The van der Waals surface area contributed by atoms with Crippen molar-refractivity contribution in [2.75, 3.05) is 24.3 Å². The average molecular weight is 425 g/mol. The van der Waals surface area contributed by atoms with E-state index in [1.54, 1.807) is 30.3 Å². The molecular weight excluding hydrogens is 400 g/mol. The van der Waals surface area contributed by atoms with Gasteiger partial charge in [-0.15, -0.1) is 0 Å². The van der Waals surface area contributed by atoms with Crippen molar-refractivity contribution in [2.45, 2.75) is 23.6 Å². The normalized spacial score (nSPS) is 11.0. The molecule has 156 valence electrons. The Labute approximate surface area is 176 Å². The van der Waals surface area contributed by atoms with Gasteiger partial charge in [0.2, 0.25) is 15.7 Å². The van der Waals surface area contributed by atoms with Gasteiger partial charge in [0.15, 0.2) is 0 Å². The van der Waals surface area contributed by atoms with E-state index in [2.05, 4.69) is 10.6 Å². The number of para-hydroxylation sites is 1. The Morgan fingerprint density at radius 3 is 2.33 bits per heavy atom. The van der Waals surface area contributed by atoms with Crippen molar-refractivity contribution in [1.29, 1.82) is 0 Å². The average Bonchev–Trinajstić information content (AvgIpc) is 2.75. The number of carbonyl (C=O) groups is 1. The Balaban J connectivity index is 1.78. The molecule has 2 N–H and O–H groups in total. The van der Waals surface area contributed by atoms with E-state index in [-0.39, 0.29) is 22.2 Å². The molecule has 30 heavy (non-hydrogen) atoms. The van der Waals surface area contributed by atoms with Crippen LogP contribution in [0.2, 0.25) is 0 Å². The third-order valence-corrected chi connectivity index (χ3v) is 6.48. The van der Waals surface area contributed by atoms with Gasteiger partial charge in [0, 0.05) is 5.69 Å². The summed E-state index contributed by atoms with van der Waals surface area (Å²) in [6.07, 6.45) is 0. The van der Waals surface area contributed by atoms with Crippen LogP contribution in [0.4, 0.5) is 11.4 Å². The lowest BCUT2D eigenvalue weighted by molar-refractivity contribution is -0.114. The Kier molecular flexibility index (Phi) is 6.42. The van der Waals surface area contributed by atoms with E-state index in [4.69, 9.17) is 4.74 Å². The molecule has 0 aromatic heterocycles. The maximum atomic E-state index is 13.1. The molecule has 0 saturated carbocycles. The zero-order valence-corrected chi connectivity index (χ0v) is 17.9. The first-order valence-corrected chi connectivity index (χ1v) is 10.9. The van der Waals surface area contributed by atoms with Crippen LogP contribution in [-0.4, -0.2) is 28.0 Å². The fourth-order valence-electron chi connectivity index (χ4n) is 2.97. The van der Waals surface area contributed by atoms with Crippen LogP contribution in [0.3, 0.4) is 0 Å². The highest BCUT2D eigenvalue weighted by atomic mass is 32.2. The first-order valence-electron chi connectivity index (χ1n) is 9.40. The molecule has 0 atom stereocenters. The number of methoxy groups -OCH3 is 1. The minimum absolute atomic E-state index is 0.0669. The molecule has 7 heteroatoms. The van der Waals surface area contributed by atoms with E-state index < -0.39 is 9.84 Å². The minimum Gasteiger partial charge on any atom is -0.497 e. The number of nitrogens with one attached hydrogen (secondary N) is 2. The van der Waals surface area contributed by atoms with E-state index in [9.17, 15) is 13.2 Å². The lowest BCUT2D eigenvalue weighted by Crippen LogP contribution is -2.23. The van der Waals surface area contributed by atoms with Gasteiger partial charge in [-0.05, 0) is 67.4 Å². The summed E-state index contributed by atoms with van der Waals surface area (Å²) in [5.41, 5.74) is 3.10. The second-order valence-corrected chi connectivity index (χ2v) is 8.81. The zero-order chi connectivity index (χ0) is 21.7. The van der Waals surface area contributed by atoms with Crippen molar-refractivity contribution in [3.63, 3.8) is 0 Å². The first kappa shape index (κ1) is 21.4. The predicted octanol–water partition coefficient (Wildman–Crippen LogP) is 4.20. The highest BCUT2D eigenvalue weighted by molar-refractivity contribution is 7.91. The highest BCUT2D eigenvalue weighted by Crippen LogP contribution is 2.28. The molecule has 0 spiro atoms. The molecule has 0 radical (unpaired) electrons. The van der Waals surface area contributed by atoms with Gasteiger partial charge in [-0.2, -0.15) is 0 Å². The topological polar surface area (TPSA) is 84.5 Å². The van der Waals surface area contributed by atoms with Crippen molar-refractivity contribution in [3.8, 4) is 5.75 Å². The fourth-order valence-corrected chi connectivity index (χ4v) is 4.41. The van der Waals surface area contributed by atoms with E-state index in [0.717, 1.165) is 16.8 Å². The van der Waals surface area contributed by atoms with Gasteiger partial charge in [0.25, 0.3) is 0 Å². The lowest BCUT2D eigenvalue weighted by atomic mass is 10.1. The molecule has 3 aromatic rings. The Hall–Kier alpha value is -3.32. The van der Waals surface area contributed by atoms with Crippen LogP contribution < -0.4 is 15.4 Å². The quantitative estimate of drug-likeness (QED) is 0.594. The van der Waals surface area contributed by atoms with Gasteiger partial charge in [0.1, 0.15) is 5.75 Å². The fraction of sp³-hybridized carbons (Fsp3) is 0.174. The predicted molar refractivity (Wildman–Crippen MR) is 118 cm³/mol. The van der Waals surface area contributed by atoms with Crippen molar-refractivity contribution < 1.29 is 17.9 Å². The maximum Gasteiger partial charge on any atom is 0.243 e. The van der Waals surface area contributed by atoms with Crippen LogP contribution >= 0.6 is 0 Å². The van der Waals surface area contributed by atoms with Crippen LogP contribution in [0.5, 0.6) is 5.75 Å². The van der Waals surface area contributed by atoms with E-state index in [1.807, 2.05) is 32.0 Å². The third-order valence-electron chi connectivity index (χ3n) is 4.65. The van der Waals surface area contributed by atoms with E-state index in [0.29, 0.717) is 11.4 Å². The number of sulfone groups is 1. The number of carbonyl (C=O) groups excluding carboxylic acids is 1. The third kappa shape index (κ3) is 4.80. The molecule has 0 saturated heterocycles. The van der Waals surface area contributed by atoms with Gasteiger partial charge in [0.05, 0.1) is 29.1 Å². The molecule has 0 fully saturated rings. The van der Waals surface area contributed by atoms with Gasteiger partial charge in [-0.1, -0.05) is 24.3 Å². The molecule has 3 rings (SSSR count). The lowest BCUT2D eigenvalue weighted by Gasteiger charge is -2.14. The van der Waals surface area contributed by atoms with Crippen molar-refractivity contribution in [1.82, 2.24) is 0 Å². The molecule has 0 heterocycles. The number of amides is 1. The van der Waals surface area contributed by atoms with Gasteiger partial charge >= 0.3 is 0 Å². The summed E-state index contributed by atoms with van der Waals surface area (Å²) in [5, 5.41) is 5.81. The highest BCUT2D eigenvalue weighted by Gasteiger charge is 2.21. The van der Waals surface area contributed by atoms with Crippen molar-refractivity contribution in [2.24, 2.45) is 0 Å². The monoisotopic (exact) mass is 424 g/mol. The van der Waals surface area contributed by atoms with E-state index in [1.165, 1.54) is 25.3 Å². The molecule has 0 aliphatic carbocycles. The number of benzene rings is 3. The van der Waals surface area contributed by atoms with Crippen molar-refractivity contribution in [3.05, 3.63) is 77.9 Å². The maximum absolute atomic E-state index is 13.1. The molecule has 3 aromatic carbocycles. The van der Waals surface area contributed by atoms with Gasteiger partial charge < -0.3 is 15.4 Å². The Bertz CT molecular complexity index is 1160. The van der Waals surface area contributed by atoms with Crippen molar-refractivity contribution >= 4 is 27.1 Å². The molecule has 0 bridgehead atoms. The summed E-state index contributed by atoms with van der Waals surface area (Å²) < 4.78 is 31.3. The summed E-state index contributed by atoms with van der Waals surface area (Å²) in [6, 6.07) is 18.5. The zero-order valence-electron chi connectivity index (χ0n) is 17.1. The number of ether oxygens (including phenoxy) is 1. The first-order chi connectivity index (χ1) is 14.3. The summed E-state index contributed by atoms with van der Waals surface area (Å²) in [5.74, 6) is 0.309. The number of aryl methyl sites for hydroxylation is 2. The van der Waals surface area contributed by atoms with Crippen LogP contribution in [0.1, 0.15) is 11.1 Å². The second kappa shape index (κ2) is 9.00. The summed E-state index contributed by atoms with van der Waals surface area (Å²) >= 11 is 0. The number of anilines is 2. The smallest absolute Gasteiger partial charge is 0.243 e. The summed E-state index contributed by atoms with van der Waals surface area (Å²) in [4.78, 5) is 12.7. The van der Waals surface area contributed by atoms with Gasteiger partial charge in [-0.3, -0.25) is 4.79 Å². The largest absolute Gasteiger partial charge is 0.497 e. The van der Waals surface area contributed by atoms with Crippen LogP contribution in [0.25, 0.3) is 0 Å². The Morgan fingerprint density at radius 1 is 0.933 bits per heavy atom. The molecule has 0 aliphatic heterocycles. The second-order valence-electron chi connectivity index (χ2n) is 6.90. The Morgan fingerprint density at radius 2 is 1.63 bits per heavy atom. The molecule has 1 amide bonds. The number of rotatable bonds is 7. The SMILES string of the molecule is COc1ccc(S(=O)(=O)c2ccccc2NCC(=O)Nc2cc(C)ccc2C)cc1. The van der Waals surface area contributed by atoms with Crippen LogP contribution in [0.15, 0.2) is 76.5 Å².